The topological polar surface area (TPSA) is 92.9 Å². The van der Waals surface area contributed by atoms with Crippen molar-refractivity contribution >= 4 is 17.6 Å². The van der Waals surface area contributed by atoms with Gasteiger partial charge in [0.15, 0.2) is 0 Å². The van der Waals surface area contributed by atoms with Crippen LogP contribution in [0.3, 0.4) is 0 Å². The Morgan fingerprint density at radius 3 is 2.17 bits per heavy atom. The summed E-state index contributed by atoms with van der Waals surface area (Å²) in [5.74, 6) is -1.40. The molecule has 1 saturated heterocycles. The van der Waals surface area contributed by atoms with Gasteiger partial charge in [-0.2, -0.15) is 0 Å². The van der Waals surface area contributed by atoms with Gasteiger partial charge in [0.05, 0.1) is 24.5 Å². The number of ether oxygens (including phenoxy) is 1. The molecule has 8 heteroatoms. The Labute approximate surface area is 201 Å². The Morgan fingerprint density at radius 2 is 1.57 bits per heavy atom. The fraction of sp³-hybridized carbons (Fsp3) is 0.259. The Hall–Kier alpha value is -3.62. The highest BCUT2D eigenvalue weighted by Crippen LogP contribution is 2.46. The van der Waals surface area contributed by atoms with E-state index in [0.29, 0.717) is 29.8 Å². The van der Waals surface area contributed by atoms with Gasteiger partial charge in [0.1, 0.15) is 17.4 Å². The van der Waals surface area contributed by atoms with Crippen LogP contribution < -0.4 is 15.4 Å². The van der Waals surface area contributed by atoms with Crippen LogP contribution in [0.15, 0.2) is 72.8 Å². The molecule has 3 aromatic rings. The molecule has 0 spiro atoms. The number of aliphatic hydroxyl groups is 1. The Kier molecular flexibility index (Phi) is 7.53. The summed E-state index contributed by atoms with van der Waals surface area (Å²) < 4.78 is 31.9. The van der Waals surface area contributed by atoms with Crippen molar-refractivity contribution in [3.63, 3.8) is 0 Å². The lowest BCUT2D eigenvalue weighted by Gasteiger charge is -2.48. The van der Waals surface area contributed by atoms with Crippen LogP contribution in [0, 0.1) is 17.6 Å². The smallest absolute Gasteiger partial charge is 0.312 e. The van der Waals surface area contributed by atoms with E-state index in [0.717, 1.165) is 5.56 Å². The number of esters is 1. The first-order valence-electron chi connectivity index (χ1n) is 11.4. The second kappa shape index (κ2) is 10.8. The molecule has 0 radical (unpaired) electrons. The molecular weight excluding hydrogens is 454 g/mol. The minimum absolute atomic E-state index is 0.107. The van der Waals surface area contributed by atoms with Crippen molar-refractivity contribution < 1.29 is 28.2 Å². The zero-order valence-electron chi connectivity index (χ0n) is 18.9. The van der Waals surface area contributed by atoms with Crippen LogP contribution in [0.4, 0.5) is 14.5 Å². The van der Waals surface area contributed by atoms with Gasteiger partial charge < -0.3 is 20.5 Å². The largest absolute Gasteiger partial charge is 0.426 e. The second-order valence-corrected chi connectivity index (χ2v) is 8.46. The minimum Gasteiger partial charge on any atom is -0.426 e. The number of halogens is 2. The Morgan fingerprint density at radius 1 is 0.971 bits per heavy atom. The third-order valence-electron chi connectivity index (χ3n) is 6.13. The summed E-state index contributed by atoms with van der Waals surface area (Å²) in [6.45, 7) is 0.194. The van der Waals surface area contributed by atoms with Crippen molar-refractivity contribution in [1.82, 2.24) is 0 Å². The molecule has 1 amide bonds. The van der Waals surface area contributed by atoms with Crippen LogP contribution in [0.5, 0.6) is 5.75 Å². The van der Waals surface area contributed by atoms with Gasteiger partial charge in [0.2, 0.25) is 5.91 Å². The molecule has 1 fully saturated rings. The average molecular weight is 481 g/mol. The predicted molar refractivity (Wildman–Crippen MR) is 126 cm³/mol. The maximum Gasteiger partial charge on any atom is 0.312 e. The van der Waals surface area contributed by atoms with Crippen molar-refractivity contribution in [2.75, 3.05) is 11.4 Å². The normalized spacial score (nSPS) is 18.2. The lowest BCUT2D eigenvalue weighted by Crippen LogP contribution is -2.55. The molecule has 0 aliphatic carbocycles. The van der Waals surface area contributed by atoms with E-state index in [2.05, 4.69) is 0 Å². The summed E-state index contributed by atoms with van der Waals surface area (Å²) >= 11 is 0. The summed E-state index contributed by atoms with van der Waals surface area (Å²) in [5.41, 5.74) is 7.33. The van der Waals surface area contributed by atoms with E-state index >= 15 is 0 Å². The molecule has 0 saturated carbocycles. The first-order chi connectivity index (χ1) is 16.9. The fourth-order valence-corrected chi connectivity index (χ4v) is 4.32. The number of nitrogens with two attached hydrogens (primary N) is 1. The predicted octanol–water partition coefficient (Wildman–Crippen LogP) is 4.44. The summed E-state index contributed by atoms with van der Waals surface area (Å²) in [4.78, 5) is 26.4. The molecule has 3 aromatic carbocycles. The number of carbonyl (C=O) groups is 2. The monoisotopic (exact) mass is 480 g/mol. The van der Waals surface area contributed by atoms with Gasteiger partial charge in [-0.05, 0) is 72.5 Å². The van der Waals surface area contributed by atoms with Gasteiger partial charge in [-0.3, -0.25) is 9.59 Å². The summed E-state index contributed by atoms with van der Waals surface area (Å²) in [6.07, 6.45) is -0.0268. The molecule has 0 bridgehead atoms. The number of amides is 1. The maximum atomic E-state index is 13.5. The molecule has 0 unspecified atom stereocenters. The number of rotatable bonds is 9. The summed E-state index contributed by atoms with van der Waals surface area (Å²) in [7, 11) is 0. The van der Waals surface area contributed by atoms with Crippen LogP contribution in [0.25, 0.3) is 0 Å². The van der Waals surface area contributed by atoms with Gasteiger partial charge in [-0.25, -0.2) is 8.78 Å². The first kappa shape index (κ1) is 24.5. The van der Waals surface area contributed by atoms with Gasteiger partial charge in [-0.15, -0.1) is 0 Å². The fourth-order valence-electron chi connectivity index (χ4n) is 4.32. The number of carbonyl (C=O) groups excluding carboxylic acids is 2. The molecule has 4 rings (SSSR count). The molecule has 1 aliphatic heterocycles. The maximum absolute atomic E-state index is 13.5. The van der Waals surface area contributed by atoms with E-state index in [9.17, 15) is 23.5 Å². The van der Waals surface area contributed by atoms with Crippen LogP contribution in [0.1, 0.15) is 42.5 Å². The zero-order chi connectivity index (χ0) is 24.9. The highest BCUT2D eigenvalue weighted by molar-refractivity contribution is 6.03. The Bertz CT molecular complexity index is 1170. The molecule has 1 aliphatic rings. The number of β-lactam (4-membered cyclic amide) rings is 1. The van der Waals surface area contributed by atoms with Crippen molar-refractivity contribution in [3.8, 4) is 5.75 Å². The van der Waals surface area contributed by atoms with Gasteiger partial charge in [-0.1, -0.05) is 24.3 Å². The number of hydrogen-bond donors (Lipinski definition) is 2. The molecule has 0 aromatic heterocycles. The first-order valence-corrected chi connectivity index (χ1v) is 11.4. The number of benzene rings is 3. The van der Waals surface area contributed by atoms with Crippen molar-refractivity contribution in [1.29, 1.82) is 0 Å². The van der Waals surface area contributed by atoms with E-state index in [1.54, 1.807) is 41.3 Å². The molecule has 182 valence electrons. The van der Waals surface area contributed by atoms with Crippen molar-refractivity contribution in [3.05, 3.63) is 95.6 Å². The minimum atomic E-state index is -0.840. The number of nitrogens with zero attached hydrogens (tertiary/aromatic N) is 1. The SMILES string of the molecule is NCCC(=O)Oc1ccc([C@@H]2[C@@H](CC[C@H](O)c3ccc(F)cc3)C(=O)N2c2ccc(F)cc2)cc1. The second-order valence-electron chi connectivity index (χ2n) is 8.46. The van der Waals surface area contributed by atoms with Crippen LogP contribution in [0.2, 0.25) is 0 Å². The summed E-state index contributed by atoms with van der Waals surface area (Å²) in [6, 6.07) is 17.8. The van der Waals surface area contributed by atoms with Gasteiger partial charge in [0.25, 0.3) is 0 Å². The lowest BCUT2D eigenvalue weighted by atomic mass is 9.78. The van der Waals surface area contributed by atoms with Gasteiger partial charge in [0, 0.05) is 12.2 Å². The number of hydrogen-bond acceptors (Lipinski definition) is 5. The van der Waals surface area contributed by atoms with Crippen LogP contribution in [-0.4, -0.2) is 23.5 Å². The molecule has 3 atom stereocenters. The van der Waals surface area contributed by atoms with E-state index in [1.807, 2.05) is 0 Å². The lowest BCUT2D eigenvalue weighted by molar-refractivity contribution is -0.134. The van der Waals surface area contributed by atoms with Crippen LogP contribution >= 0.6 is 0 Å². The van der Waals surface area contributed by atoms with Gasteiger partial charge >= 0.3 is 5.97 Å². The van der Waals surface area contributed by atoms with Crippen LogP contribution in [-0.2, 0) is 9.59 Å². The number of anilines is 1. The third kappa shape index (κ3) is 5.55. The molecular formula is C27H26F2N2O4. The van der Waals surface area contributed by atoms with Crippen molar-refractivity contribution in [2.24, 2.45) is 11.7 Å². The van der Waals surface area contributed by atoms with E-state index in [1.165, 1.54) is 36.4 Å². The van der Waals surface area contributed by atoms with E-state index in [4.69, 9.17) is 10.5 Å². The quantitative estimate of drug-likeness (QED) is 0.268. The highest BCUT2D eigenvalue weighted by Gasteiger charge is 2.48. The molecule has 35 heavy (non-hydrogen) atoms. The average Bonchev–Trinajstić information content (AvgIpc) is 2.85. The number of aliphatic hydroxyl groups excluding tert-OH is 1. The zero-order valence-corrected chi connectivity index (χ0v) is 18.9. The van der Waals surface area contributed by atoms with E-state index < -0.39 is 23.8 Å². The summed E-state index contributed by atoms with van der Waals surface area (Å²) in [5, 5.41) is 10.6. The van der Waals surface area contributed by atoms with Crippen molar-refractivity contribution in [2.45, 2.75) is 31.4 Å². The molecule has 1 heterocycles. The highest BCUT2D eigenvalue weighted by atomic mass is 19.1. The Balaban J connectivity index is 1.53. The standard InChI is InChI=1S/C27H26F2N2O4/c28-19-5-1-17(2-6-19)24(32)14-13-23-26(31(27(23)34)21-9-7-20(29)8-10-21)18-3-11-22(12-4-18)35-25(33)15-16-30/h1-12,23-24,26,32H,13-16,30H2/t23-,24+,26-/m1/s1. The molecule has 3 N–H and O–H groups in total. The van der Waals surface area contributed by atoms with E-state index in [-0.39, 0.29) is 30.7 Å². The third-order valence-corrected chi connectivity index (χ3v) is 6.13. The molecule has 6 nitrogen and oxygen atoms in total.